The lowest BCUT2D eigenvalue weighted by molar-refractivity contribution is 0.321. The Kier molecular flexibility index (Phi) is 3.81. The first-order chi connectivity index (χ1) is 8.83. The van der Waals surface area contributed by atoms with Crippen molar-refractivity contribution in [3.05, 3.63) is 54.1 Å². The van der Waals surface area contributed by atoms with Gasteiger partial charge in [0.1, 0.15) is 17.2 Å². The fourth-order valence-electron chi connectivity index (χ4n) is 1.56. The van der Waals surface area contributed by atoms with Crippen LogP contribution in [0.2, 0.25) is 0 Å². The van der Waals surface area contributed by atoms with Gasteiger partial charge in [-0.05, 0) is 30.3 Å². The quantitative estimate of drug-likeness (QED) is 0.509. The van der Waals surface area contributed by atoms with Gasteiger partial charge >= 0.3 is 0 Å². The SMILES string of the molecule is COc1ccc(Oc2ccccc2)cc1/C=N/O. The molecule has 2 aromatic carbocycles. The molecule has 0 aliphatic heterocycles. The smallest absolute Gasteiger partial charge is 0.128 e. The molecule has 0 radical (unpaired) electrons. The molecule has 2 aromatic rings. The molecule has 0 bridgehead atoms. The molecule has 0 aliphatic rings. The molecule has 0 atom stereocenters. The summed E-state index contributed by atoms with van der Waals surface area (Å²) in [6, 6.07) is 14.7. The van der Waals surface area contributed by atoms with Gasteiger partial charge in [-0.3, -0.25) is 0 Å². The highest BCUT2D eigenvalue weighted by molar-refractivity contribution is 5.83. The second kappa shape index (κ2) is 5.72. The Balaban J connectivity index is 2.27. The number of hydrogen-bond acceptors (Lipinski definition) is 4. The molecule has 0 aliphatic carbocycles. The second-order valence-electron chi connectivity index (χ2n) is 3.56. The van der Waals surface area contributed by atoms with Crippen LogP contribution in [0.5, 0.6) is 17.2 Å². The number of ether oxygens (including phenoxy) is 2. The monoisotopic (exact) mass is 243 g/mol. The van der Waals surface area contributed by atoms with Gasteiger partial charge in [0.15, 0.2) is 0 Å². The largest absolute Gasteiger partial charge is 0.496 e. The standard InChI is InChI=1S/C14H13NO3/c1-17-14-8-7-13(9-11(14)10-15-16)18-12-5-3-2-4-6-12/h2-10,16H,1H3/b15-10+. The van der Waals surface area contributed by atoms with E-state index in [0.29, 0.717) is 17.1 Å². The van der Waals surface area contributed by atoms with Crippen molar-refractivity contribution in [2.75, 3.05) is 7.11 Å². The molecule has 0 fully saturated rings. The van der Waals surface area contributed by atoms with Crippen molar-refractivity contribution in [3.63, 3.8) is 0 Å². The summed E-state index contributed by atoms with van der Waals surface area (Å²) < 4.78 is 10.8. The predicted molar refractivity (Wildman–Crippen MR) is 68.9 cm³/mol. The van der Waals surface area contributed by atoms with Crippen LogP contribution in [0.25, 0.3) is 0 Å². The van der Waals surface area contributed by atoms with E-state index in [-0.39, 0.29) is 0 Å². The highest BCUT2D eigenvalue weighted by Gasteiger charge is 2.04. The summed E-state index contributed by atoms with van der Waals surface area (Å²) in [5.41, 5.74) is 0.647. The van der Waals surface area contributed by atoms with Crippen molar-refractivity contribution in [2.24, 2.45) is 5.16 Å². The van der Waals surface area contributed by atoms with Crippen molar-refractivity contribution in [1.82, 2.24) is 0 Å². The van der Waals surface area contributed by atoms with Crippen LogP contribution in [0.3, 0.4) is 0 Å². The number of para-hydroxylation sites is 1. The average Bonchev–Trinajstić information content (AvgIpc) is 2.41. The number of rotatable bonds is 4. The first-order valence-electron chi connectivity index (χ1n) is 5.42. The maximum absolute atomic E-state index is 8.59. The van der Waals surface area contributed by atoms with E-state index in [4.69, 9.17) is 14.7 Å². The van der Waals surface area contributed by atoms with Crippen LogP contribution >= 0.6 is 0 Å². The highest BCUT2D eigenvalue weighted by atomic mass is 16.5. The number of methoxy groups -OCH3 is 1. The van der Waals surface area contributed by atoms with Gasteiger partial charge in [0, 0.05) is 5.56 Å². The molecular formula is C14H13NO3. The lowest BCUT2D eigenvalue weighted by Crippen LogP contribution is -1.92. The minimum atomic E-state index is 0.619. The van der Waals surface area contributed by atoms with Crippen molar-refractivity contribution in [3.8, 4) is 17.2 Å². The Morgan fingerprint density at radius 1 is 1.06 bits per heavy atom. The highest BCUT2D eigenvalue weighted by Crippen LogP contribution is 2.26. The Morgan fingerprint density at radius 2 is 1.83 bits per heavy atom. The lowest BCUT2D eigenvalue weighted by Gasteiger charge is -2.08. The van der Waals surface area contributed by atoms with Crippen molar-refractivity contribution >= 4 is 6.21 Å². The number of nitrogens with zero attached hydrogens (tertiary/aromatic N) is 1. The van der Waals surface area contributed by atoms with E-state index in [1.807, 2.05) is 30.3 Å². The zero-order valence-corrected chi connectivity index (χ0v) is 9.91. The lowest BCUT2D eigenvalue weighted by atomic mass is 10.2. The zero-order valence-electron chi connectivity index (χ0n) is 9.91. The van der Waals surface area contributed by atoms with Gasteiger partial charge in [0.25, 0.3) is 0 Å². The number of benzene rings is 2. The molecule has 2 rings (SSSR count). The van der Waals surface area contributed by atoms with Crippen molar-refractivity contribution in [2.45, 2.75) is 0 Å². The minimum Gasteiger partial charge on any atom is -0.496 e. The van der Waals surface area contributed by atoms with Crippen molar-refractivity contribution < 1.29 is 14.7 Å². The zero-order chi connectivity index (χ0) is 12.8. The van der Waals surface area contributed by atoms with E-state index in [9.17, 15) is 0 Å². The molecule has 0 saturated carbocycles. The normalized spacial score (nSPS) is 10.5. The first-order valence-corrected chi connectivity index (χ1v) is 5.42. The summed E-state index contributed by atoms with van der Waals surface area (Å²) >= 11 is 0. The third-order valence-electron chi connectivity index (χ3n) is 2.38. The first kappa shape index (κ1) is 12.0. The van der Waals surface area contributed by atoms with Gasteiger partial charge in [-0.1, -0.05) is 23.4 Å². The van der Waals surface area contributed by atoms with Crippen LogP contribution < -0.4 is 9.47 Å². The fourth-order valence-corrected chi connectivity index (χ4v) is 1.56. The van der Waals surface area contributed by atoms with Crippen LogP contribution in [0.15, 0.2) is 53.7 Å². The van der Waals surface area contributed by atoms with E-state index in [1.54, 1.807) is 25.3 Å². The third-order valence-corrected chi connectivity index (χ3v) is 2.38. The van der Waals surface area contributed by atoms with Gasteiger partial charge < -0.3 is 14.7 Å². The maximum Gasteiger partial charge on any atom is 0.128 e. The van der Waals surface area contributed by atoms with Crippen LogP contribution in [-0.4, -0.2) is 18.5 Å². The van der Waals surface area contributed by atoms with E-state index in [0.717, 1.165) is 5.75 Å². The van der Waals surface area contributed by atoms with Crippen LogP contribution in [0.4, 0.5) is 0 Å². The molecule has 0 heterocycles. The summed E-state index contributed by atoms with van der Waals surface area (Å²) in [5, 5.41) is 11.6. The van der Waals surface area contributed by atoms with Gasteiger partial charge in [0.05, 0.1) is 13.3 Å². The van der Waals surface area contributed by atoms with Gasteiger partial charge in [-0.15, -0.1) is 0 Å². The molecule has 0 unspecified atom stereocenters. The van der Waals surface area contributed by atoms with E-state index < -0.39 is 0 Å². The Bertz CT molecular complexity index is 538. The summed E-state index contributed by atoms with van der Waals surface area (Å²) in [5.74, 6) is 2.01. The molecule has 0 aromatic heterocycles. The molecule has 4 nitrogen and oxygen atoms in total. The molecule has 0 saturated heterocycles. The topological polar surface area (TPSA) is 51.0 Å². The Hall–Kier alpha value is -2.49. The average molecular weight is 243 g/mol. The van der Waals surface area contributed by atoms with E-state index in [1.165, 1.54) is 6.21 Å². The van der Waals surface area contributed by atoms with Crippen molar-refractivity contribution in [1.29, 1.82) is 0 Å². The molecular weight excluding hydrogens is 230 g/mol. The summed E-state index contributed by atoms with van der Waals surface area (Å²) in [4.78, 5) is 0. The molecule has 0 amide bonds. The maximum atomic E-state index is 8.59. The Morgan fingerprint density at radius 3 is 2.50 bits per heavy atom. The van der Waals surface area contributed by atoms with Crippen LogP contribution in [0.1, 0.15) is 5.56 Å². The molecule has 1 N–H and O–H groups in total. The van der Waals surface area contributed by atoms with Gasteiger partial charge in [-0.25, -0.2) is 0 Å². The Labute approximate surface area is 105 Å². The number of hydrogen-bond donors (Lipinski definition) is 1. The van der Waals surface area contributed by atoms with Gasteiger partial charge in [0.2, 0.25) is 0 Å². The second-order valence-corrected chi connectivity index (χ2v) is 3.56. The molecule has 4 heteroatoms. The van der Waals surface area contributed by atoms with Crippen LogP contribution in [0, 0.1) is 0 Å². The minimum absolute atomic E-state index is 0.619. The van der Waals surface area contributed by atoms with Gasteiger partial charge in [-0.2, -0.15) is 0 Å². The summed E-state index contributed by atoms with van der Waals surface area (Å²) in [7, 11) is 1.56. The van der Waals surface area contributed by atoms with E-state index >= 15 is 0 Å². The summed E-state index contributed by atoms with van der Waals surface area (Å²) in [6.07, 6.45) is 1.30. The summed E-state index contributed by atoms with van der Waals surface area (Å²) in [6.45, 7) is 0. The molecule has 92 valence electrons. The fraction of sp³-hybridized carbons (Fsp3) is 0.0714. The van der Waals surface area contributed by atoms with E-state index in [2.05, 4.69) is 5.16 Å². The number of oxime groups is 1. The molecule has 18 heavy (non-hydrogen) atoms. The molecule has 0 spiro atoms. The third kappa shape index (κ3) is 2.79. The van der Waals surface area contributed by atoms with Crippen LogP contribution in [-0.2, 0) is 0 Å². The predicted octanol–water partition coefficient (Wildman–Crippen LogP) is 3.30.